The van der Waals surface area contributed by atoms with Crippen molar-refractivity contribution in [2.24, 2.45) is 0 Å². The van der Waals surface area contributed by atoms with Crippen LogP contribution in [-0.4, -0.2) is 23.9 Å². The van der Waals surface area contributed by atoms with Crippen LogP contribution in [-0.2, 0) is 4.74 Å². The Bertz CT molecular complexity index is 469. The molecule has 2 saturated heterocycles. The third kappa shape index (κ3) is 3.00. The molecule has 0 spiro atoms. The monoisotopic (exact) mass is 382 g/mol. The van der Waals surface area contributed by atoms with Crippen molar-refractivity contribution in [1.82, 2.24) is 0 Å². The number of ether oxygens (including phenoxy) is 1. The predicted octanol–water partition coefficient (Wildman–Crippen LogP) is 5.96. The van der Waals surface area contributed by atoms with Crippen LogP contribution in [0.5, 0.6) is 0 Å². The largest absolute Gasteiger partial charge is 0.486 e. The van der Waals surface area contributed by atoms with Crippen molar-refractivity contribution in [3.63, 3.8) is 0 Å². The average Bonchev–Trinajstić information content (AvgIpc) is 3.14. The van der Waals surface area contributed by atoms with Gasteiger partial charge in [-0.25, -0.2) is 0 Å². The Morgan fingerprint density at radius 3 is 1.89 bits per heavy atom. The minimum Gasteiger partial charge on any atom is -0.486 e. The molecular formula is C11H10OS7. The van der Waals surface area contributed by atoms with Gasteiger partial charge in [-0.05, 0) is 6.42 Å². The van der Waals surface area contributed by atoms with Crippen LogP contribution < -0.4 is 0 Å². The van der Waals surface area contributed by atoms with E-state index in [1.807, 2.05) is 82.3 Å². The lowest BCUT2D eigenvalue weighted by Gasteiger charge is -2.17. The summed E-state index contributed by atoms with van der Waals surface area (Å²) >= 11 is 13.7. The quantitative estimate of drug-likeness (QED) is 0.501. The first-order valence-corrected chi connectivity index (χ1v) is 12.1. The summed E-state index contributed by atoms with van der Waals surface area (Å²) in [4.78, 5) is 0. The SMILES string of the molecule is C1COC(=C2SC3=C(S2)SC(=C2SCCS2)S3)SC1. The van der Waals surface area contributed by atoms with Gasteiger partial charge in [0.2, 0.25) is 0 Å². The van der Waals surface area contributed by atoms with E-state index >= 15 is 0 Å². The van der Waals surface area contributed by atoms with Gasteiger partial charge in [-0.1, -0.05) is 58.8 Å². The third-order valence-electron chi connectivity index (χ3n) is 2.55. The van der Waals surface area contributed by atoms with Crippen LogP contribution in [0.2, 0.25) is 0 Å². The maximum Gasteiger partial charge on any atom is 0.173 e. The molecule has 0 atom stereocenters. The van der Waals surface area contributed by atoms with Crippen LogP contribution in [0, 0.1) is 0 Å². The Morgan fingerprint density at radius 2 is 1.26 bits per heavy atom. The van der Waals surface area contributed by atoms with Crippen molar-refractivity contribution >= 4 is 82.3 Å². The van der Waals surface area contributed by atoms with Gasteiger partial charge in [0, 0.05) is 17.3 Å². The van der Waals surface area contributed by atoms with Gasteiger partial charge < -0.3 is 4.74 Å². The molecule has 0 saturated carbocycles. The fourth-order valence-electron chi connectivity index (χ4n) is 1.73. The van der Waals surface area contributed by atoms with Gasteiger partial charge in [0.25, 0.3) is 0 Å². The van der Waals surface area contributed by atoms with E-state index in [-0.39, 0.29) is 0 Å². The first kappa shape index (κ1) is 14.1. The van der Waals surface area contributed by atoms with Crippen LogP contribution in [0.3, 0.4) is 0 Å². The Kier molecular flexibility index (Phi) is 4.67. The van der Waals surface area contributed by atoms with Gasteiger partial charge in [0.1, 0.15) is 4.24 Å². The second kappa shape index (κ2) is 6.30. The minimum atomic E-state index is 0.889. The Labute approximate surface area is 142 Å². The molecule has 0 aromatic heterocycles. The maximum absolute atomic E-state index is 5.79. The molecule has 0 aromatic carbocycles. The lowest BCUT2D eigenvalue weighted by Crippen LogP contribution is -2.02. The van der Waals surface area contributed by atoms with E-state index in [9.17, 15) is 0 Å². The van der Waals surface area contributed by atoms with Gasteiger partial charge in [0.15, 0.2) is 5.09 Å². The minimum absolute atomic E-state index is 0.889. The fraction of sp³-hybridized carbons (Fsp3) is 0.455. The molecule has 0 unspecified atom stereocenters. The summed E-state index contributed by atoms with van der Waals surface area (Å²) in [6, 6.07) is 0. The molecule has 0 radical (unpaired) electrons. The molecule has 4 rings (SSSR count). The number of hydrogen-bond donors (Lipinski definition) is 0. The van der Waals surface area contributed by atoms with Crippen molar-refractivity contribution in [1.29, 1.82) is 0 Å². The molecule has 8 heteroatoms. The molecule has 0 aliphatic carbocycles. The summed E-state index contributed by atoms with van der Waals surface area (Å²) < 4.78 is 13.2. The summed E-state index contributed by atoms with van der Waals surface area (Å²) in [5.74, 6) is 3.75. The molecule has 1 nitrogen and oxygen atoms in total. The van der Waals surface area contributed by atoms with Crippen molar-refractivity contribution in [2.45, 2.75) is 6.42 Å². The smallest absolute Gasteiger partial charge is 0.173 e. The van der Waals surface area contributed by atoms with Gasteiger partial charge in [0.05, 0.1) is 23.6 Å². The topological polar surface area (TPSA) is 9.23 Å². The Balaban J connectivity index is 1.48. The first-order chi connectivity index (χ1) is 9.40. The lowest BCUT2D eigenvalue weighted by molar-refractivity contribution is 0.233. The summed E-state index contributed by atoms with van der Waals surface area (Å²) in [6.45, 7) is 0.889. The average molecular weight is 383 g/mol. The van der Waals surface area contributed by atoms with Crippen molar-refractivity contribution < 1.29 is 4.74 Å². The van der Waals surface area contributed by atoms with Gasteiger partial charge in [-0.2, -0.15) is 0 Å². The van der Waals surface area contributed by atoms with Crippen molar-refractivity contribution in [3.05, 3.63) is 26.3 Å². The molecule has 0 amide bonds. The zero-order valence-electron chi connectivity index (χ0n) is 9.80. The molecular weight excluding hydrogens is 373 g/mol. The second-order valence-electron chi connectivity index (χ2n) is 3.88. The normalized spacial score (nSPS) is 27.4. The van der Waals surface area contributed by atoms with Gasteiger partial charge in [-0.3, -0.25) is 0 Å². The van der Waals surface area contributed by atoms with Crippen LogP contribution in [0.25, 0.3) is 0 Å². The molecule has 4 heterocycles. The van der Waals surface area contributed by atoms with E-state index in [0.717, 1.165) is 11.7 Å². The van der Waals surface area contributed by atoms with Gasteiger partial charge in [-0.15, -0.1) is 23.5 Å². The molecule has 4 aliphatic heterocycles. The van der Waals surface area contributed by atoms with Crippen LogP contribution in [0.1, 0.15) is 6.42 Å². The van der Waals surface area contributed by atoms with Crippen LogP contribution in [0.4, 0.5) is 0 Å². The van der Waals surface area contributed by atoms with Crippen LogP contribution >= 0.6 is 82.3 Å². The number of rotatable bonds is 0. The number of hydrogen-bond acceptors (Lipinski definition) is 8. The van der Waals surface area contributed by atoms with E-state index in [4.69, 9.17) is 4.74 Å². The van der Waals surface area contributed by atoms with E-state index in [2.05, 4.69) is 0 Å². The molecule has 0 N–H and O–H groups in total. The summed E-state index contributed by atoms with van der Waals surface area (Å²) in [5, 5.41) is 1.16. The van der Waals surface area contributed by atoms with Crippen molar-refractivity contribution in [3.8, 4) is 0 Å². The zero-order chi connectivity index (χ0) is 12.7. The highest BCUT2D eigenvalue weighted by atomic mass is 32.3. The molecule has 0 aromatic rings. The summed E-state index contributed by atoms with van der Waals surface area (Å²) in [7, 11) is 0. The first-order valence-electron chi connectivity index (χ1n) is 5.85. The molecule has 19 heavy (non-hydrogen) atoms. The number of thioether (sulfide) groups is 7. The molecule has 102 valence electrons. The Hall–Kier alpha value is 1.47. The van der Waals surface area contributed by atoms with E-state index in [0.29, 0.717) is 0 Å². The molecule has 2 fully saturated rings. The third-order valence-corrected chi connectivity index (χ3v) is 12.7. The highest BCUT2D eigenvalue weighted by molar-refractivity contribution is 8.49. The second-order valence-corrected chi connectivity index (χ2v) is 12.5. The highest BCUT2D eigenvalue weighted by Crippen LogP contribution is 2.69. The van der Waals surface area contributed by atoms with E-state index in [1.165, 1.54) is 40.6 Å². The van der Waals surface area contributed by atoms with E-state index in [1.54, 1.807) is 4.24 Å². The zero-order valence-corrected chi connectivity index (χ0v) is 15.5. The van der Waals surface area contributed by atoms with Crippen LogP contribution in [0.15, 0.2) is 26.3 Å². The summed E-state index contributed by atoms with van der Waals surface area (Å²) in [5.41, 5.74) is 0. The van der Waals surface area contributed by atoms with Crippen molar-refractivity contribution in [2.75, 3.05) is 23.9 Å². The maximum atomic E-state index is 5.79. The standard InChI is InChI=1S/C11H10OS7/c1-2-12-6(13-3-1)7-16-10-11(17-7)19-9(18-10)8-14-4-5-15-8/h1-5H2. The fourth-order valence-corrected chi connectivity index (χ4v) is 12.1. The molecule has 0 bridgehead atoms. The Morgan fingerprint density at radius 1 is 0.632 bits per heavy atom. The highest BCUT2D eigenvalue weighted by Gasteiger charge is 2.34. The molecule has 4 aliphatic rings. The van der Waals surface area contributed by atoms with Gasteiger partial charge >= 0.3 is 0 Å². The predicted molar refractivity (Wildman–Crippen MR) is 99.4 cm³/mol. The summed E-state index contributed by atoms with van der Waals surface area (Å²) in [6.07, 6.45) is 1.18. The van der Waals surface area contributed by atoms with E-state index < -0.39 is 0 Å². The lowest BCUT2D eigenvalue weighted by atomic mass is 10.5.